The minimum atomic E-state index is -0.870. The molecule has 114 valence electrons. The van der Waals surface area contributed by atoms with E-state index in [1.54, 1.807) is 16.8 Å². The standard InChI is InChI=1S/C14H18N2O4S/c1-3-6-15-13(18)10(2)20-12(17)4-7-16-14(19)11-5-8-21-9-11/h3,5,8-10H,1,4,6-7H2,2H3,(H,15,18)(H,16,19). The number of hydrogen-bond donors (Lipinski definition) is 2. The number of hydrogen-bond acceptors (Lipinski definition) is 5. The van der Waals surface area contributed by atoms with E-state index in [1.807, 2.05) is 0 Å². The molecule has 1 atom stereocenters. The number of ether oxygens (including phenoxy) is 1. The molecule has 21 heavy (non-hydrogen) atoms. The summed E-state index contributed by atoms with van der Waals surface area (Å²) in [5, 5.41) is 8.65. The molecule has 2 N–H and O–H groups in total. The van der Waals surface area contributed by atoms with Gasteiger partial charge in [0.2, 0.25) is 0 Å². The largest absolute Gasteiger partial charge is 0.452 e. The van der Waals surface area contributed by atoms with Crippen LogP contribution in [0.5, 0.6) is 0 Å². The molecule has 0 aromatic carbocycles. The zero-order valence-corrected chi connectivity index (χ0v) is 12.6. The van der Waals surface area contributed by atoms with Crippen molar-refractivity contribution in [3.05, 3.63) is 35.0 Å². The van der Waals surface area contributed by atoms with E-state index >= 15 is 0 Å². The highest BCUT2D eigenvalue weighted by molar-refractivity contribution is 7.08. The predicted molar refractivity (Wildman–Crippen MR) is 80.0 cm³/mol. The highest BCUT2D eigenvalue weighted by Gasteiger charge is 2.17. The molecule has 0 aliphatic rings. The molecular weight excluding hydrogens is 292 g/mol. The first-order chi connectivity index (χ1) is 10.0. The molecule has 0 bridgehead atoms. The quantitative estimate of drug-likeness (QED) is 0.556. The summed E-state index contributed by atoms with van der Waals surface area (Å²) in [7, 11) is 0. The van der Waals surface area contributed by atoms with Crippen LogP contribution in [0.25, 0.3) is 0 Å². The van der Waals surface area contributed by atoms with Crippen molar-refractivity contribution in [3.8, 4) is 0 Å². The molecule has 0 saturated carbocycles. The van der Waals surface area contributed by atoms with Gasteiger partial charge in [0, 0.05) is 24.0 Å². The molecular formula is C14H18N2O4S. The normalized spacial score (nSPS) is 11.3. The number of nitrogens with one attached hydrogen (secondary N) is 2. The van der Waals surface area contributed by atoms with Crippen LogP contribution in [0.1, 0.15) is 23.7 Å². The number of thiophene rings is 1. The van der Waals surface area contributed by atoms with E-state index in [4.69, 9.17) is 4.74 Å². The average molecular weight is 310 g/mol. The Morgan fingerprint density at radius 2 is 2.19 bits per heavy atom. The monoisotopic (exact) mass is 310 g/mol. The summed E-state index contributed by atoms with van der Waals surface area (Å²) in [5.41, 5.74) is 0.561. The molecule has 0 saturated heterocycles. The van der Waals surface area contributed by atoms with Crippen LogP contribution in [0, 0.1) is 0 Å². The predicted octanol–water partition coefficient (Wildman–Crippen LogP) is 1.10. The van der Waals surface area contributed by atoms with Crippen LogP contribution in [-0.4, -0.2) is 37.0 Å². The van der Waals surface area contributed by atoms with E-state index in [2.05, 4.69) is 17.2 Å². The van der Waals surface area contributed by atoms with Crippen molar-refractivity contribution in [2.45, 2.75) is 19.4 Å². The first-order valence-electron chi connectivity index (χ1n) is 6.43. The third-order valence-corrected chi connectivity index (χ3v) is 3.18. The molecule has 6 nitrogen and oxygen atoms in total. The third-order valence-electron chi connectivity index (χ3n) is 2.50. The van der Waals surface area contributed by atoms with Crippen molar-refractivity contribution in [2.24, 2.45) is 0 Å². The Morgan fingerprint density at radius 1 is 1.43 bits per heavy atom. The van der Waals surface area contributed by atoms with Gasteiger partial charge in [0.1, 0.15) is 0 Å². The maximum absolute atomic E-state index is 11.6. The topological polar surface area (TPSA) is 84.5 Å². The van der Waals surface area contributed by atoms with Crippen LogP contribution in [0.15, 0.2) is 29.5 Å². The van der Waals surface area contributed by atoms with Gasteiger partial charge < -0.3 is 15.4 Å². The summed E-state index contributed by atoms with van der Waals surface area (Å²) >= 11 is 1.42. The van der Waals surface area contributed by atoms with Gasteiger partial charge in [-0.1, -0.05) is 6.08 Å². The van der Waals surface area contributed by atoms with Gasteiger partial charge in [-0.3, -0.25) is 14.4 Å². The fourth-order valence-corrected chi connectivity index (χ4v) is 2.04. The summed E-state index contributed by atoms with van der Waals surface area (Å²) in [6.07, 6.45) is 0.673. The van der Waals surface area contributed by atoms with Crippen molar-refractivity contribution < 1.29 is 19.1 Å². The lowest BCUT2D eigenvalue weighted by Crippen LogP contribution is -2.36. The van der Waals surface area contributed by atoms with E-state index in [0.29, 0.717) is 12.1 Å². The molecule has 1 heterocycles. The molecule has 7 heteroatoms. The molecule has 0 radical (unpaired) electrons. The van der Waals surface area contributed by atoms with Crippen molar-refractivity contribution in [2.75, 3.05) is 13.1 Å². The van der Waals surface area contributed by atoms with Crippen LogP contribution < -0.4 is 10.6 Å². The number of esters is 1. The molecule has 1 rings (SSSR count). The van der Waals surface area contributed by atoms with Gasteiger partial charge in [-0.2, -0.15) is 11.3 Å². The third kappa shape index (κ3) is 6.22. The Kier molecular flexibility index (Phi) is 7.17. The molecule has 2 amide bonds. The van der Waals surface area contributed by atoms with Crippen molar-refractivity contribution in [1.82, 2.24) is 10.6 Å². The van der Waals surface area contributed by atoms with Crippen LogP contribution in [0.2, 0.25) is 0 Å². The minimum absolute atomic E-state index is 0.00888. The number of rotatable bonds is 8. The lowest BCUT2D eigenvalue weighted by Gasteiger charge is -2.12. The van der Waals surface area contributed by atoms with Crippen molar-refractivity contribution in [3.63, 3.8) is 0 Å². The number of carbonyl (C=O) groups excluding carboxylic acids is 3. The SMILES string of the molecule is C=CCNC(=O)C(C)OC(=O)CCNC(=O)c1ccsc1. The lowest BCUT2D eigenvalue weighted by molar-refractivity contribution is -0.154. The maximum Gasteiger partial charge on any atom is 0.308 e. The van der Waals surface area contributed by atoms with Crippen molar-refractivity contribution in [1.29, 1.82) is 0 Å². The summed E-state index contributed by atoms with van der Waals surface area (Å²) < 4.78 is 4.95. The minimum Gasteiger partial charge on any atom is -0.452 e. The fraction of sp³-hybridized carbons (Fsp3) is 0.357. The first-order valence-corrected chi connectivity index (χ1v) is 7.37. The smallest absolute Gasteiger partial charge is 0.308 e. The zero-order valence-electron chi connectivity index (χ0n) is 11.8. The van der Waals surface area contributed by atoms with Gasteiger partial charge in [-0.05, 0) is 18.4 Å². The number of amides is 2. The van der Waals surface area contributed by atoms with E-state index in [9.17, 15) is 14.4 Å². The van der Waals surface area contributed by atoms with E-state index in [-0.39, 0.29) is 24.8 Å². The summed E-state index contributed by atoms with van der Waals surface area (Å²) in [4.78, 5) is 34.6. The second-order valence-electron chi connectivity index (χ2n) is 4.18. The van der Waals surface area contributed by atoms with Crippen LogP contribution >= 0.6 is 11.3 Å². The summed E-state index contributed by atoms with van der Waals surface area (Å²) in [5.74, 6) is -1.16. The Hall–Kier alpha value is -2.15. The second-order valence-corrected chi connectivity index (χ2v) is 4.96. The van der Waals surface area contributed by atoms with E-state index in [1.165, 1.54) is 24.3 Å². The van der Waals surface area contributed by atoms with Crippen LogP contribution in [0.4, 0.5) is 0 Å². The van der Waals surface area contributed by atoms with Crippen LogP contribution in [-0.2, 0) is 14.3 Å². The molecule has 0 aliphatic carbocycles. The van der Waals surface area contributed by atoms with Gasteiger partial charge in [0.25, 0.3) is 11.8 Å². The number of carbonyl (C=O) groups is 3. The second kappa shape index (κ2) is 8.91. The summed E-state index contributed by atoms with van der Waals surface area (Å²) in [6, 6.07) is 1.70. The zero-order chi connectivity index (χ0) is 15.7. The Bertz CT molecular complexity index is 499. The Labute approximate surface area is 127 Å². The molecule has 0 spiro atoms. The van der Waals surface area contributed by atoms with E-state index < -0.39 is 12.1 Å². The molecule has 1 unspecified atom stereocenters. The van der Waals surface area contributed by atoms with Gasteiger partial charge in [-0.25, -0.2) is 0 Å². The van der Waals surface area contributed by atoms with Gasteiger partial charge in [0.05, 0.1) is 6.42 Å². The Morgan fingerprint density at radius 3 is 2.81 bits per heavy atom. The molecule has 0 fully saturated rings. The van der Waals surface area contributed by atoms with Gasteiger partial charge >= 0.3 is 5.97 Å². The van der Waals surface area contributed by atoms with Gasteiger partial charge in [-0.15, -0.1) is 6.58 Å². The Balaban J connectivity index is 2.23. The molecule has 0 aliphatic heterocycles. The first kappa shape index (κ1) is 16.9. The molecule has 1 aromatic heterocycles. The highest BCUT2D eigenvalue weighted by atomic mass is 32.1. The maximum atomic E-state index is 11.6. The molecule has 1 aromatic rings. The lowest BCUT2D eigenvalue weighted by atomic mass is 10.3. The highest BCUT2D eigenvalue weighted by Crippen LogP contribution is 2.05. The van der Waals surface area contributed by atoms with Crippen molar-refractivity contribution >= 4 is 29.1 Å². The van der Waals surface area contributed by atoms with Gasteiger partial charge in [0.15, 0.2) is 6.10 Å². The average Bonchev–Trinajstić information content (AvgIpc) is 2.98. The van der Waals surface area contributed by atoms with Crippen LogP contribution in [0.3, 0.4) is 0 Å². The van der Waals surface area contributed by atoms with E-state index in [0.717, 1.165) is 0 Å². The fourth-order valence-electron chi connectivity index (χ4n) is 1.40. The summed E-state index contributed by atoms with van der Waals surface area (Å²) in [6.45, 7) is 5.43.